The van der Waals surface area contributed by atoms with E-state index >= 15 is 0 Å². The lowest BCUT2D eigenvalue weighted by Crippen LogP contribution is -2.38. The minimum atomic E-state index is -4.10. The van der Waals surface area contributed by atoms with Crippen LogP contribution in [0.25, 0.3) is 0 Å². The zero-order chi connectivity index (χ0) is 17.9. The largest absolute Gasteiger partial charge is 0.493 e. The number of guanidine groups is 1. The summed E-state index contributed by atoms with van der Waals surface area (Å²) in [6.07, 6.45) is -1.56. The fourth-order valence-electron chi connectivity index (χ4n) is 3.70. The molecule has 1 aliphatic carbocycles. The van der Waals surface area contributed by atoms with Gasteiger partial charge in [0.15, 0.2) is 5.96 Å². The number of hydrogen-bond acceptors (Lipinski definition) is 2. The number of alkyl halides is 3. The van der Waals surface area contributed by atoms with E-state index in [1.54, 1.807) is 0 Å². The maximum Gasteiger partial charge on any atom is 0.391 e. The van der Waals surface area contributed by atoms with E-state index in [2.05, 4.69) is 10.3 Å². The van der Waals surface area contributed by atoms with E-state index < -0.39 is 12.1 Å². The molecule has 0 amide bonds. The lowest BCUT2D eigenvalue weighted by Gasteiger charge is -2.30. The molecule has 26 heavy (non-hydrogen) atoms. The second-order valence-corrected chi connectivity index (χ2v) is 6.87. The standard InChI is InChI=1S/C18H24F3N3O.HI/c19-18(20,21)13-5-3-4-12(10-13)11-23-17(22)24-15-8-9-25-16-7-2-1-6-14(15)16;/h1-2,6-7,12-13,15H,3-5,8-11H2,(H3,22,23,24);1H. The summed E-state index contributed by atoms with van der Waals surface area (Å²) in [7, 11) is 0. The van der Waals surface area contributed by atoms with Crippen molar-refractivity contribution in [2.24, 2.45) is 22.6 Å². The molecular weight excluding hydrogens is 458 g/mol. The van der Waals surface area contributed by atoms with Crippen molar-refractivity contribution in [2.45, 2.75) is 44.3 Å². The minimum Gasteiger partial charge on any atom is -0.493 e. The number of benzene rings is 1. The molecule has 1 aliphatic heterocycles. The van der Waals surface area contributed by atoms with Gasteiger partial charge in [0.05, 0.1) is 18.6 Å². The lowest BCUT2D eigenvalue weighted by molar-refractivity contribution is -0.185. The highest BCUT2D eigenvalue weighted by Crippen LogP contribution is 2.40. The molecule has 0 spiro atoms. The molecule has 0 bridgehead atoms. The Hall–Kier alpha value is -1.19. The molecule has 4 nitrogen and oxygen atoms in total. The first-order valence-electron chi connectivity index (χ1n) is 8.78. The monoisotopic (exact) mass is 483 g/mol. The van der Waals surface area contributed by atoms with Crippen LogP contribution in [0.4, 0.5) is 13.2 Å². The smallest absolute Gasteiger partial charge is 0.391 e. The minimum absolute atomic E-state index is 0. The molecule has 0 aromatic heterocycles. The number of nitrogens with zero attached hydrogens (tertiary/aromatic N) is 1. The zero-order valence-corrected chi connectivity index (χ0v) is 16.8. The van der Waals surface area contributed by atoms with E-state index in [1.807, 2.05) is 24.3 Å². The highest BCUT2D eigenvalue weighted by atomic mass is 127. The maximum atomic E-state index is 12.9. The Morgan fingerprint density at radius 2 is 2.00 bits per heavy atom. The molecule has 1 fully saturated rings. The normalized spacial score (nSPS) is 26.3. The van der Waals surface area contributed by atoms with Gasteiger partial charge in [-0.05, 0) is 31.2 Å². The number of fused-ring (bicyclic) bond motifs is 1. The molecular formula is C18H25F3IN3O. The SMILES string of the molecule is I.NC(=NCC1CCCC(C(F)(F)F)C1)NC1CCOc2ccccc21. The summed E-state index contributed by atoms with van der Waals surface area (Å²) in [6.45, 7) is 0.939. The van der Waals surface area contributed by atoms with Crippen LogP contribution in [0, 0.1) is 11.8 Å². The number of ether oxygens (including phenoxy) is 1. The van der Waals surface area contributed by atoms with Crippen LogP contribution in [0.2, 0.25) is 0 Å². The summed E-state index contributed by atoms with van der Waals surface area (Å²) in [6, 6.07) is 7.76. The molecule has 1 saturated carbocycles. The Bertz CT molecular complexity index is 624. The summed E-state index contributed by atoms with van der Waals surface area (Å²) in [4.78, 5) is 4.31. The van der Waals surface area contributed by atoms with Gasteiger partial charge in [0.1, 0.15) is 5.75 Å². The van der Waals surface area contributed by atoms with Crippen molar-refractivity contribution < 1.29 is 17.9 Å². The third-order valence-corrected chi connectivity index (χ3v) is 5.05. The van der Waals surface area contributed by atoms with Crippen LogP contribution >= 0.6 is 24.0 Å². The number of halogens is 4. The van der Waals surface area contributed by atoms with Crippen molar-refractivity contribution in [3.63, 3.8) is 0 Å². The molecule has 2 aliphatic rings. The molecule has 0 saturated heterocycles. The second kappa shape index (κ2) is 9.14. The first-order chi connectivity index (χ1) is 11.9. The highest BCUT2D eigenvalue weighted by Gasteiger charge is 2.42. The average molecular weight is 483 g/mol. The lowest BCUT2D eigenvalue weighted by atomic mass is 9.81. The van der Waals surface area contributed by atoms with Gasteiger partial charge in [0, 0.05) is 18.5 Å². The molecule has 1 aromatic rings. The fraction of sp³-hybridized carbons (Fsp3) is 0.611. The van der Waals surface area contributed by atoms with Crippen molar-refractivity contribution in [3.05, 3.63) is 29.8 Å². The van der Waals surface area contributed by atoms with Crippen LogP contribution in [-0.4, -0.2) is 25.3 Å². The molecule has 0 radical (unpaired) electrons. The van der Waals surface area contributed by atoms with Crippen molar-refractivity contribution in [3.8, 4) is 5.75 Å². The van der Waals surface area contributed by atoms with Crippen LogP contribution < -0.4 is 15.8 Å². The van der Waals surface area contributed by atoms with Crippen molar-refractivity contribution in [1.82, 2.24) is 5.32 Å². The van der Waals surface area contributed by atoms with Gasteiger partial charge in [-0.3, -0.25) is 4.99 Å². The molecule has 3 unspecified atom stereocenters. The van der Waals surface area contributed by atoms with E-state index in [4.69, 9.17) is 10.5 Å². The fourth-order valence-corrected chi connectivity index (χ4v) is 3.70. The summed E-state index contributed by atoms with van der Waals surface area (Å²) in [5, 5.41) is 3.18. The summed E-state index contributed by atoms with van der Waals surface area (Å²) < 4.78 is 44.2. The number of para-hydroxylation sites is 1. The third-order valence-electron chi connectivity index (χ3n) is 5.05. The van der Waals surface area contributed by atoms with Crippen LogP contribution in [0.1, 0.15) is 43.7 Å². The Morgan fingerprint density at radius 1 is 1.23 bits per heavy atom. The average Bonchev–Trinajstić information content (AvgIpc) is 2.60. The van der Waals surface area contributed by atoms with Crippen molar-refractivity contribution in [2.75, 3.05) is 13.2 Å². The Balaban J connectivity index is 0.00000243. The Kier molecular flexibility index (Phi) is 7.42. The molecule has 3 N–H and O–H groups in total. The Morgan fingerprint density at radius 3 is 2.77 bits per heavy atom. The van der Waals surface area contributed by atoms with Crippen molar-refractivity contribution >= 4 is 29.9 Å². The number of aliphatic imine (C=N–C) groups is 1. The zero-order valence-electron chi connectivity index (χ0n) is 14.5. The van der Waals surface area contributed by atoms with Crippen LogP contribution in [0.3, 0.4) is 0 Å². The van der Waals surface area contributed by atoms with Crippen LogP contribution in [0.15, 0.2) is 29.3 Å². The number of hydrogen-bond donors (Lipinski definition) is 2. The molecule has 1 aromatic carbocycles. The maximum absolute atomic E-state index is 12.9. The van der Waals surface area contributed by atoms with E-state index in [1.165, 1.54) is 0 Å². The van der Waals surface area contributed by atoms with E-state index in [0.29, 0.717) is 19.6 Å². The van der Waals surface area contributed by atoms with Crippen LogP contribution in [-0.2, 0) is 0 Å². The quantitative estimate of drug-likeness (QED) is 0.381. The van der Waals surface area contributed by atoms with Gasteiger partial charge in [-0.15, -0.1) is 24.0 Å². The number of nitrogens with two attached hydrogens (primary N) is 1. The second-order valence-electron chi connectivity index (χ2n) is 6.87. The molecule has 1 heterocycles. The van der Waals surface area contributed by atoms with Gasteiger partial charge < -0.3 is 15.8 Å². The Labute approximate surface area is 168 Å². The first-order valence-corrected chi connectivity index (χ1v) is 8.78. The predicted molar refractivity (Wildman–Crippen MR) is 106 cm³/mol. The van der Waals surface area contributed by atoms with E-state index in [9.17, 15) is 13.2 Å². The topological polar surface area (TPSA) is 59.6 Å². The summed E-state index contributed by atoms with van der Waals surface area (Å²) in [5.41, 5.74) is 7.00. The van der Waals surface area contributed by atoms with Gasteiger partial charge in [-0.25, -0.2) is 0 Å². The molecule has 8 heteroatoms. The summed E-state index contributed by atoms with van der Waals surface area (Å²) in [5.74, 6) is -0.129. The van der Waals surface area contributed by atoms with Gasteiger partial charge in [0.25, 0.3) is 0 Å². The van der Waals surface area contributed by atoms with Gasteiger partial charge >= 0.3 is 6.18 Å². The van der Waals surface area contributed by atoms with Crippen LogP contribution in [0.5, 0.6) is 5.75 Å². The van der Waals surface area contributed by atoms with Crippen molar-refractivity contribution in [1.29, 1.82) is 0 Å². The van der Waals surface area contributed by atoms with E-state index in [0.717, 1.165) is 24.2 Å². The summed E-state index contributed by atoms with van der Waals surface area (Å²) >= 11 is 0. The number of rotatable bonds is 3. The third kappa shape index (κ3) is 5.40. The molecule has 3 rings (SSSR count). The molecule has 146 valence electrons. The predicted octanol–water partition coefficient (Wildman–Crippen LogP) is 4.40. The number of nitrogens with one attached hydrogen (secondary N) is 1. The van der Waals surface area contributed by atoms with E-state index in [-0.39, 0.29) is 54.7 Å². The van der Waals surface area contributed by atoms with Gasteiger partial charge in [-0.2, -0.15) is 13.2 Å². The molecule has 3 atom stereocenters. The van der Waals surface area contributed by atoms with Gasteiger partial charge in [-0.1, -0.05) is 24.6 Å². The van der Waals surface area contributed by atoms with Gasteiger partial charge in [0.2, 0.25) is 0 Å². The highest BCUT2D eigenvalue weighted by molar-refractivity contribution is 14.0. The first kappa shape index (κ1) is 21.1.